The average molecular weight is 303 g/mol. The number of aromatic nitrogens is 1. The Labute approximate surface area is 124 Å². The van der Waals surface area contributed by atoms with Gasteiger partial charge in [0.25, 0.3) is 5.56 Å². The summed E-state index contributed by atoms with van der Waals surface area (Å²) in [6.07, 6.45) is 0.472. The van der Waals surface area contributed by atoms with E-state index < -0.39 is 23.0 Å². The number of nitrogens with zero attached hydrogens (tertiary/aromatic N) is 1. The second kappa shape index (κ2) is 5.33. The Balaban J connectivity index is 2.41. The largest absolute Gasteiger partial charge is 0.278 e. The molecule has 0 radical (unpaired) electrons. The maximum Gasteiger partial charge on any atom is 0.263 e. The smallest absolute Gasteiger partial charge is 0.263 e. The van der Waals surface area contributed by atoms with Crippen LogP contribution in [0.2, 0.25) is 0 Å². The van der Waals surface area contributed by atoms with E-state index in [4.69, 9.17) is 0 Å². The van der Waals surface area contributed by atoms with Crippen molar-refractivity contribution >= 4 is 10.8 Å². The van der Waals surface area contributed by atoms with Gasteiger partial charge in [-0.3, -0.25) is 9.36 Å². The standard InChI is InChI=1S/C17H12F3NO/c1-2-13-7-10-3-4-11(18)8-14(10)17(22)21(13)16-6-5-12(19)9-15(16)20/h3-9H,2H2,1H3. The Bertz CT molecular complexity index is 931. The van der Waals surface area contributed by atoms with Crippen molar-refractivity contribution in [2.45, 2.75) is 13.3 Å². The topological polar surface area (TPSA) is 22.0 Å². The molecular formula is C17H12F3NO. The van der Waals surface area contributed by atoms with Gasteiger partial charge in [-0.2, -0.15) is 0 Å². The minimum absolute atomic E-state index is 0.0468. The van der Waals surface area contributed by atoms with E-state index in [2.05, 4.69) is 0 Å². The van der Waals surface area contributed by atoms with E-state index in [1.807, 2.05) is 6.92 Å². The fraction of sp³-hybridized carbons (Fsp3) is 0.118. The van der Waals surface area contributed by atoms with Crippen molar-refractivity contribution in [3.63, 3.8) is 0 Å². The lowest BCUT2D eigenvalue weighted by Crippen LogP contribution is -2.23. The summed E-state index contributed by atoms with van der Waals surface area (Å²) in [5, 5.41) is 0.739. The highest BCUT2D eigenvalue weighted by atomic mass is 19.1. The van der Waals surface area contributed by atoms with Crippen molar-refractivity contribution in [3.05, 3.63) is 76.0 Å². The van der Waals surface area contributed by atoms with Crippen LogP contribution in [0, 0.1) is 17.5 Å². The summed E-state index contributed by atoms with van der Waals surface area (Å²) in [4.78, 5) is 12.6. The van der Waals surface area contributed by atoms with Crippen LogP contribution in [0.3, 0.4) is 0 Å². The summed E-state index contributed by atoms with van der Waals surface area (Å²) in [5.41, 5.74) is -0.0108. The molecule has 1 aromatic heterocycles. The third kappa shape index (κ3) is 2.28. The molecule has 2 nitrogen and oxygen atoms in total. The first-order valence-corrected chi connectivity index (χ1v) is 6.81. The van der Waals surface area contributed by atoms with Crippen molar-refractivity contribution in [2.75, 3.05) is 0 Å². The zero-order valence-corrected chi connectivity index (χ0v) is 11.7. The third-order valence-electron chi connectivity index (χ3n) is 3.57. The van der Waals surface area contributed by atoms with Crippen molar-refractivity contribution in [2.24, 2.45) is 0 Å². The van der Waals surface area contributed by atoms with Gasteiger partial charge < -0.3 is 0 Å². The summed E-state index contributed by atoms with van der Waals surface area (Å²) < 4.78 is 41.7. The quantitative estimate of drug-likeness (QED) is 0.702. The predicted octanol–water partition coefficient (Wildman–Crippen LogP) is 3.97. The van der Waals surface area contributed by atoms with Crippen molar-refractivity contribution in [3.8, 4) is 5.69 Å². The summed E-state index contributed by atoms with van der Waals surface area (Å²) in [6.45, 7) is 1.82. The number of benzene rings is 2. The Hall–Kier alpha value is -2.56. The molecule has 0 bridgehead atoms. The number of halogens is 3. The second-order valence-corrected chi connectivity index (χ2v) is 4.96. The molecule has 3 rings (SSSR count). The van der Waals surface area contributed by atoms with Crippen molar-refractivity contribution in [1.29, 1.82) is 0 Å². The molecule has 0 saturated heterocycles. The summed E-state index contributed by atoms with van der Waals surface area (Å²) in [7, 11) is 0. The average Bonchev–Trinajstić information content (AvgIpc) is 2.49. The molecule has 0 aliphatic rings. The van der Waals surface area contributed by atoms with Crippen LogP contribution in [0.5, 0.6) is 0 Å². The zero-order chi connectivity index (χ0) is 15.9. The normalized spacial score (nSPS) is 11.1. The van der Waals surface area contributed by atoms with Gasteiger partial charge in [0.05, 0.1) is 11.1 Å². The van der Waals surface area contributed by atoms with E-state index in [0.717, 1.165) is 22.8 Å². The Kier molecular flexibility index (Phi) is 3.48. The molecule has 0 atom stereocenters. The lowest BCUT2D eigenvalue weighted by atomic mass is 10.1. The molecule has 1 heterocycles. The van der Waals surface area contributed by atoms with Crippen molar-refractivity contribution in [1.82, 2.24) is 4.57 Å². The first-order valence-electron chi connectivity index (χ1n) is 6.81. The van der Waals surface area contributed by atoms with E-state index in [1.165, 1.54) is 18.2 Å². The van der Waals surface area contributed by atoms with Crippen LogP contribution in [0.15, 0.2) is 47.3 Å². The molecule has 22 heavy (non-hydrogen) atoms. The van der Waals surface area contributed by atoms with Crippen LogP contribution >= 0.6 is 0 Å². The molecule has 0 aliphatic carbocycles. The monoisotopic (exact) mass is 303 g/mol. The second-order valence-electron chi connectivity index (χ2n) is 4.96. The molecule has 0 amide bonds. The van der Waals surface area contributed by atoms with Gasteiger partial charge in [-0.1, -0.05) is 13.0 Å². The van der Waals surface area contributed by atoms with E-state index >= 15 is 0 Å². The SMILES string of the molecule is CCc1cc2ccc(F)cc2c(=O)n1-c1ccc(F)cc1F. The number of hydrogen-bond donors (Lipinski definition) is 0. The Morgan fingerprint density at radius 2 is 1.64 bits per heavy atom. The molecule has 0 fully saturated rings. The highest BCUT2D eigenvalue weighted by Crippen LogP contribution is 2.20. The number of fused-ring (bicyclic) bond motifs is 1. The van der Waals surface area contributed by atoms with Crippen LogP contribution in [-0.2, 0) is 6.42 Å². The number of pyridine rings is 1. The lowest BCUT2D eigenvalue weighted by molar-refractivity contribution is 0.575. The highest BCUT2D eigenvalue weighted by molar-refractivity contribution is 5.82. The van der Waals surface area contributed by atoms with Crippen molar-refractivity contribution < 1.29 is 13.2 Å². The fourth-order valence-corrected chi connectivity index (χ4v) is 2.52. The van der Waals surface area contributed by atoms with Crippen LogP contribution in [0.4, 0.5) is 13.2 Å². The molecule has 112 valence electrons. The highest BCUT2D eigenvalue weighted by Gasteiger charge is 2.14. The summed E-state index contributed by atoms with van der Waals surface area (Å²) in [6, 6.07) is 8.61. The van der Waals surface area contributed by atoms with Crippen LogP contribution in [0.1, 0.15) is 12.6 Å². The van der Waals surface area contributed by atoms with E-state index in [1.54, 1.807) is 6.07 Å². The van der Waals surface area contributed by atoms with Gasteiger partial charge >= 0.3 is 0 Å². The number of rotatable bonds is 2. The number of aryl methyl sites for hydroxylation is 1. The minimum Gasteiger partial charge on any atom is -0.278 e. The summed E-state index contributed by atoms with van der Waals surface area (Å²) in [5.74, 6) is -2.10. The van der Waals surface area contributed by atoms with Crippen LogP contribution < -0.4 is 5.56 Å². The van der Waals surface area contributed by atoms with Gasteiger partial charge in [0, 0.05) is 11.8 Å². The third-order valence-corrected chi connectivity index (χ3v) is 3.57. The Morgan fingerprint density at radius 1 is 0.955 bits per heavy atom. The molecule has 0 aliphatic heterocycles. The van der Waals surface area contributed by atoms with E-state index in [0.29, 0.717) is 17.5 Å². The van der Waals surface area contributed by atoms with E-state index in [9.17, 15) is 18.0 Å². The van der Waals surface area contributed by atoms with Gasteiger partial charge in [-0.25, -0.2) is 13.2 Å². The van der Waals surface area contributed by atoms with Crippen LogP contribution in [0.25, 0.3) is 16.5 Å². The van der Waals surface area contributed by atoms with Gasteiger partial charge in [0.2, 0.25) is 0 Å². The molecular weight excluding hydrogens is 291 g/mol. The maximum absolute atomic E-state index is 14.0. The molecule has 5 heteroatoms. The van der Waals surface area contributed by atoms with Gasteiger partial charge in [0.1, 0.15) is 17.5 Å². The minimum atomic E-state index is -0.840. The number of hydrogen-bond acceptors (Lipinski definition) is 1. The molecule has 0 unspecified atom stereocenters. The fourth-order valence-electron chi connectivity index (χ4n) is 2.52. The van der Waals surface area contributed by atoms with Gasteiger partial charge in [-0.05, 0) is 42.1 Å². The summed E-state index contributed by atoms with van der Waals surface area (Å²) >= 11 is 0. The maximum atomic E-state index is 14.0. The molecule has 0 saturated carbocycles. The molecule has 0 N–H and O–H groups in total. The molecule has 0 spiro atoms. The zero-order valence-electron chi connectivity index (χ0n) is 11.7. The van der Waals surface area contributed by atoms with Gasteiger partial charge in [0.15, 0.2) is 0 Å². The molecule has 2 aromatic carbocycles. The van der Waals surface area contributed by atoms with Gasteiger partial charge in [-0.15, -0.1) is 0 Å². The first kappa shape index (κ1) is 14.4. The van der Waals surface area contributed by atoms with Crippen LogP contribution in [-0.4, -0.2) is 4.57 Å². The molecule has 3 aromatic rings. The predicted molar refractivity (Wildman–Crippen MR) is 78.8 cm³/mol. The lowest BCUT2D eigenvalue weighted by Gasteiger charge is -2.14. The van der Waals surface area contributed by atoms with E-state index in [-0.39, 0.29) is 11.1 Å². The Morgan fingerprint density at radius 3 is 2.32 bits per heavy atom. The first-order chi connectivity index (χ1) is 10.5.